The van der Waals surface area contributed by atoms with Gasteiger partial charge in [-0.25, -0.2) is 4.99 Å². The summed E-state index contributed by atoms with van der Waals surface area (Å²) in [4.78, 5) is 4.46. The molecule has 1 heterocycles. The Morgan fingerprint density at radius 2 is 2.07 bits per heavy atom. The fourth-order valence-electron chi connectivity index (χ4n) is 3.27. The van der Waals surface area contributed by atoms with Crippen molar-refractivity contribution >= 4 is 5.96 Å². The average molecular weight is 380 g/mol. The van der Waals surface area contributed by atoms with E-state index in [0.29, 0.717) is 31.3 Å². The third kappa shape index (κ3) is 4.61. The van der Waals surface area contributed by atoms with Crippen molar-refractivity contribution in [1.82, 2.24) is 15.8 Å². The Bertz CT molecular complexity index is 768. The number of rotatable bonds is 6. The van der Waals surface area contributed by atoms with E-state index in [1.54, 1.807) is 12.1 Å². The zero-order chi connectivity index (χ0) is 19.3. The maximum atomic E-state index is 13.1. The second-order valence-electron chi connectivity index (χ2n) is 6.75. The number of guanidine groups is 1. The fraction of sp³-hybridized carbons (Fsp3) is 0.474. The minimum Gasteiger partial charge on any atom is -0.364 e. The lowest BCUT2D eigenvalue weighted by atomic mass is 9.64. The smallest absolute Gasteiger partial charge is 0.364 e. The minimum absolute atomic E-state index is 0.300. The van der Waals surface area contributed by atoms with Crippen LogP contribution in [-0.4, -0.2) is 24.2 Å². The van der Waals surface area contributed by atoms with Gasteiger partial charge >= 0.3 is 6.18 Å². The molecule has 0 unspecified atom stereocenters. The molecule has 0 saturated heterocycles. The first-order chi connectivity index (χ1) is 12.9. The Morgan fingerprint density at radius 1 is 1.26 bits per heavy atom. The maximum absolute atomic E-state index is 13.1. The van der Waals surface area contributed by atoms with E-state index in [0.717, 1.165) is 30.9 Å². The van der Waals surface area contributed by atoms with Gasteiger partial charge < -0.3 is 15.2 Å². The molecule has 8 heteroatoms. The second kappa shape index (κ2) is 8.02. The van der Waals surface area contributed by atoms with E-state index in [-0.39, 0.29) is 5.41 Å². The van der Waals surface area contributed by atoms with Crippen molar-refractivity contribution in [2.75, 3.05) is 13.1 Å². The van der Waals surface area contributed by atoms with Gasteiger partial charge in [-0.2, -0.15) is 13.2 Å². The molecule has 1 aromatic carbocycles. The lowest BCUT2D eigenvalue weighted by Gasteiger charge is -2.43. The molecule has 0 spiro atoms. The number of nitrogens with zero attached hydrogens (tertiary/aromatic N) is 2. The Kier molecular flexibility index (Phi) is 5.72. The number of halogens is 3. The topological polar surface area (TPSA) is 62.5 Å². The molecule has 146 valence electrons. The van der Waals surface area contributed by atoms with Gasteiger partial charge in [0.1, 0.15) is 12.0 Å². The molecule has 1 fully saturated rings. The predicted molar refractivity (Wildman–Crippen MR) is 96.3 cm³/mol. The standard InChI is InChI=1S/C19H23F3N4O/c1-2-23-17(24-12-16-7-10-27-26-16)25-13-18(8-4-9-18)14-5-3-6-15(11-14)19(20,21)22/h3,5-7,10-11H,2,4,8-9,12-13H2,1H3,(H2,23,24,25). The summed E-state index contributed by atoms with van der Waals surface area (Å²) in [5, 5.41) is 10.3. The molecule has 1 aromatic heterocycles. The monoisotopic (exact) mass is 380 g/mol. The summed E-state index contributed by atoms with van der Waals surface area (Å²) in [5.74, 6) is 0.610. The van der Waals surface area contributed by atoms with Crippen LogP contribution in [0.3, 0.4) is 0 Å². The van der Waals surface area contributed by atoms with Gasteiger partial charge in [-0.15, -0.1) is 0 Å². The van der Waals surface area contributed by atoms with Gasteiger partial charge in [0, 0.05) is 24.6 Å². The zero-order valence-corrected chi connectivity index (χ0v) is 15.1. The van der Waals surface area contributed by atoms with Gasteiger partial charge in [-0.3, -0.25) is 0 Å². The van der Waals surface area contributed by atoms with Gasteiger partial charge in [0.25, 0.3) is 0 Å². The highest BCUT2D eigenvalue weighted by atomic mass is 19.4. The third-order valence-corrected chi connectivity index (χ3v) is 4.94. The zero-order valence-electron chi connectivity index (χ0n) is 15.1. The Hall–Kier alpha value is -2.51. The molecular formula is C19H23F3N4O. The number of benzene rings is 1. The van der Waals surface area contributed by atoms with Crippen LogP contribution in [0, 0.1) is 0 Å². The minimum atomic E-state index is -4.33. The first kappa shape index (κ1) is 19.3. The van der Waals surface area contributed by atoms with E-state index in [2.05, 4.69) is 20.8 Å². The van der Waals surface area contributed by atoms with Gasteiger partial charge in [0.2, 0.25) is 0 Å². The number of hydrogen-bond acceptors (Lipinski definition) is 3. The van der Waals surface area contributed by atoms with E-state index in [4.69, 9.17) is 4.52 Å². The van der Waals surface area contributed by atoms with Crippen LogP contribution in [0.2, 0.25) is 0 Å². The van der Waals surface area contributed by atoms with Crippen molar-refractivity contribution in [3.8, 4) is 0 Å². The first-order valence-corrected chi connectivity index (χ1v) is 9.02. The van der Waals surface area contributed by atoms with Crippen molar-refractivity contribution in [2.45, 2.75) is 44.3 Å². The van der Waals surface area contributed by atoms with Crippen molar-refractivity contribution in [1.29, 1.82) is 0 Å². The summed E-state index contributed by atoms with van der Waals surface area (Å²) in [6.45, 7) is 3.53. The van der Waals surface area contributed by atoms with Crippen molar-refractivity contribution in [3.05, 3.63) is 53.4 Å². The van der Waals surface area contributed by atoms with Gasteiger partial charge in [-0.05, 0) is 31.4 Å². The quantitative estimate of drug-likeness (QED) is 0.590. The number of nitrogens with one attached hydrogen (secondary N) is 2. The summed E-state index contributed by atoms with van der Waals surface area (Å²) in [5.41, 5.74) is 0.537. The number of aromatic nitrogens is 1. The lowest BCUT2D eigenvalue weighted by Crippen LogP contribution is -2.49. The molecule has 0 radical (unpaired) electrons. The van der Waals surface area contributed by atoms with E-state index < -0.39 is 11.7 Å². The molecule has 0 bridgehead atoms. The molecule has 0 amide bonds. The van der Waals surface area contributed by atoms with E-state index in [1.807, 2.05) is 6.92 Å². The second-order valence-corrected chi connectivity index (χ2v) is 6.75. The van der Waals surface area contributed by atoms with Crippen molar-refractivity contribution in [3.63, 3.8) is 0 Å². The Balaban J connectivity index is 1.72. The van der Waals surface area contributed by atoms with Crippen LogP contribution in [0.4, 0.5) is 13.2 Å². The summed E-state index contributed by atoms with van der Waals surface area (Å²) in [6, 6.07) is 7.41. The molecule has 0 aliphatic heterocycles. The van der Waals surface area contributed by atoms with Crippen LogP contribution in [0.25, 0.3) is 0 Å². The average Bonchev–Trinajstić information content (AvgIpc) is 3.11. The van der Waals surface area contributed by atoms with Crippen molar-refractivity contribution in [2.24, 2.45) is 4.99 Å². The molecular weight excluding hydrogens is 357 g/mol. The first-order valence-electron chi connectivity index (χ1n) is 9.02. The maximum Gasteiger partial charge on any atom is 0.416 e. The summed E-state index contributed by atoms with van der Waals surface area (Å²) in [6.07, 6.45) is -0.136. The normalized spacial score (nSPS) is 16.7. The van der Waals surface area contributed by atoms with Crippen molar-refractivity contribution < 1.29 is 17.7 Å². The molecule has 2 aromatic rings. The molecule has 2 N–H and O–H groups in total. The summed E-state index contributed by atoms with van der Waals surface area (Å²) in [7, 11) is 0. The highest BCUT2D eigenvalue weighted by Gasteiger charge is 2.40. The van der Waals surface area contributed by atoms with Gasteiger partial charge in [0.05, 0.1) is 12.1 Å². The Morgan fingerprint density at radius 3 is 2.67 bits per heavy atom. The van der Waals surface area contributed by atoms with E-state index >= 15 is 0 Å². The molecule has 1 aliphatic rings. The lowest BCUT2D eigenvalue weighted by molar-refractivity contribution is -0.137. The molecule has 0 atom stereocenters. The van der Waals surface area contributed by atoms with E-state index in [9.17, 15) is 13.2 Å². The summed E-state index contributed by atoms with van der Waals surface area (Å²) < 4.78 is 44.0. The van der Waals surface area contributed by atoms with Crippen LogP contribution in [-0.2, 0) is 18.1 Å². The van der Waals surface area contributed by atoms with Crippen LogP contribution in [0.5, 0.6) is 0 Å². The predicted octanol–water partition coefficient (Wildman–Crippen LogP) is 3.87. The Labute approximate surface area is 156 Å². The third-order valence-electron chi connectivity index (χ3n) is 4.94. The highest BCUT2D eigenvalue weighted by molar-refractivity contribution is 5.79. The van der Waals surface area contributed by atoms with Gasteiger partial charge in [-0.1, -0.05) is 29.8 Å². The highest BCUT2D eigenvalue weighted by Crippen LogP contribution is 2.44. The van der Waals surface area contributed by atoms with Crippen LogP contribution >= 0.6 is 0 Å². The van der Waals surface area contributed by atoms with Crippen LogP contribution in [0.1, 0.15) is 43.0 Å². The molecule has 27 heavy (non-hydrogen) atoms. The number of hydrogen-bond donors (Lipinski definition) is 2. The van der Waals surface area contributed by atoms with Crippen LogP contribution in [0.15, 0.2) is 46.1 Å². The van der Waals surface area contributed by atoms with E-state index in [1.165, 1.54) is 18.4 Å². The number of alkyl halides is 3. The summed E-state index contributed by atoms with van der Waals surface area (Å²) >= 11 is 0. The molecule has 5 nitrogen and oxygen atoms in total. The fourth-order valence-corrected chi connectivity index (χ4v) is 3.27. The van der Waals surface area contributed by atoms with Gasteiger partial charge in [0.15, 0.2) is 5.96 Å². The number of aliphatic imine (C=N–C) groups is 1. The SMILES string of the molecule is CCNC(=NCc1ccon1)NCC1(c2cccc(C(F)(F)F)c2)CCC1. The molecule has 3 rings (SSSR count). The molecule has 1 saturated carbocycles. The largest absolute Gasteiger partial charge is 0.416 e. The molecule has 1 aliphatic carbocycles. The van der Waals surface area contributed by atoms with Crippen LogP contribution < -0.4 is 10.6 Å².